The van der Waals surface area contributed by atoms with Crippen LogP contribution in [0.2, 0.25) is 0 Å². The molecular formula is C10H10F3N3O. The molecule has 0 bridgehead atoms. The standard InChI is InChI=1S/C10H10F3N3O/c1-7(10(11,12)13)15-16-9(17-2)8-3-5-14-6-4-8/h3-6H,1-2H3/b15-7+,16-9+. The van der Waals surface area contributed by atoms with Crippen LogP contribution in [0.5, 0.6) is 0 Å². The maximum absolute atomic E-state index is 12.2. The Morgan fingerprint density at radius 1 is 1.24 bits per heavy atom. The van der Waals surface area contributed by atoms with Gasteiger partial charge in [-0.15, -0.1) is 10.2 Å². The van der Waals surface area contributed by atoms with Crippen LogP contribution in [0.4, 0.5) is 13.2 Å². The van der Waals surface area contributed by atoms with Gasteiger partial charge in [0.2, 0.25) is 5.90 Å². The third-order valence-electron chi connectivity index (χ3n) is 1.82. The van der Waals surface area contributed by atoms with Crippen molar-refractivity contribution in [2.75, 3.05) is 7.11 Å². The third kappa shape index (κ3) is 3.86. The van der Waals surface area contributed by atoms with E-state index in [1.165, 1.54) is 19.5 Å². The predicted molar refractivity (Wildman–Crippen MR) is 56.9 cm³/mol. The summed E-state index contributed by atoms with van der Waals surface area (Å²) < 4.78 is 41.3. The van der Waals surface area contributed by atoms with E-state index in [1.807, 2.05) is 0 Å². The lowest BCUT2D eigenvalue weighted by molar-refractivity contribution is -0.0593. The molecular weight excluding hydrogens is 235 g/mol. The van der Waals surface area contributed by atoms with Crippen LogP contribution < -0.4 is 0 Å². The molecule has 0 unspecified atom stereocenters. The number of aromatic nitrogens is 1. The first-order chi connectivity index (χ1) is 7.95. The van der Waals surface area contributed by atoms with E-state index in [0.29, 0.717) is 5.56 Å². The summed E-state index contributed by atoms with van der Waals surface area (Å²) >= 11 is 0. The van der Waals surface area contributed by atoms with E-state index in [4.69, 9.17) is 4.74 Å². The van der Waals surface area contributed by atoms with Gasteiger partial charge in [-0.25, -0.2) is 0 Å². The largest absolute Gasteiger partial charge is 0.479 e. The number of nitrogens with zero attached hydrogens (tertiary/aromatic N) is 3. The van der Waals surface area contributed by atoms with Gasteiger partial charge in [0.15, 0.2) is 0 Å². The van der Waals surface area contributed by atoms with E-state index in [0.717, 1.165) is 6.92 Å². The number of pyridine rings is 1. The minimum absolute atomic E-state index is 0.00370. The Morgan fingerprint density at radius 2 is 1.82 bits per heavy atom. The van der Waals surface area contributed by atoms with Crippen LogP contribution in [0.25, 0.3) is 0 Å². The van der Waals surface area contributed by atoms with Crippen molar-refractivity contribution in [1.29, 1.82) is 0 Å². The van der Waals surface area contributed by atoms with Gasteiger partial charge in [-0.2, -0.15) is 13.2 Å². The summed E-state index contributed by atoms with van der Waals surface area (Å²) in [5.41, 5.74) is -0.540. The van der Waals surface area contributed by atoms with E-state index in [1.54, 1.807) is 12.1 Å². The predicted octanol–water partition coefficient (Wildman–Crippen LogP) is 2.41. The zero-order valence-corrected chi connectivity index (χ0v) is 9.19. The number of alkyl halides is 3. The topological polar surface area (TPSA) is 46.8 Å². The Hall–Kier alpha value is -1.92. The summed E-state index contributed by atoms with van der Waals surface area (Å²) in [7, 11) is 1.30. The SMILES string of the molecule is CO/C(=N/N=C(\C)C(F)(F)F)c1ccncc1. The van der Waals surface area contributed by atoms with Crippen molar-refractivity contribution in [3.8, 4) is 0 Å². The molecule has 1 rings (SSSR count). The minimum Gasteiger partial charge on any atom is -0.479 e. The summed E-state index contributed by atoms with van der Waals surface area (Å²) in [6.07, 6.45) is -1.53. The molecule has 4 nitrogen and oxygen atoms in total. The Morgan fingerprint density at radius 3 is 2.29 bits per heavy atom. The van der Waals surface area contributed by atoms with Crippen molar-refractivity contribution in [1.82, 2.24) is 4.98 Å². The molecule has 0 aliphatic rings. The van der Waals surface area contributed by atoms with Gasteiger partial charge in [-0.3, -0.25) is 4.98 Å². The number of halogens is 3. The molecule has 0 atom stereocenters. The van der Waals surface area contributed by atoms with Crippen molar-refractivity contribution >= 4 is 11.6 Å². The molecule has 0 saturated carbocycles. The fourth-order valence-electron chi connectivity index (χ4n) is 0.888. The van der Waals surface area contributed by atoms with Crippen molar-refractivity contribution in [3.63, 3.8) is 0 Å². The Bertz CT molecular complexity index is 426. The summed E-state index contributed by atoms with van der Waals surface area (Å²) in [4.78, 5) is 3.77. The Labute approximate surface area is 95.8 Å². The number of methoxy groups -OCH3 is 1. The molecule has 17 heavy (non-hydrogen) atoms. The number of ether oxygens (including phenoxy) is 1. The third-order valence-corrected chi connectivity index (χ3v) is 1.82. The molecule has 1 aromatic rings. The number of hydrogen-bond acceptors (Lipinski definition) is 4. The highest BCUT2D eigenvalue weighted by Gasteiger charge is 2.32. The smallest absolute Gasteiger partial charge is 0.431 e. The van der Waals surface area contributed by atoms with Crippen molar-refractivity contribution in [2.24, 2.45) is 10.2 Å². The fourth-order valence-corrected chi connectivity index (χ4v) is 0.888. The highest BCUT2D eigenvalue weighted by molar-refractivity contribution is 5.95. The van der Waals surface area contributed by atoms with Crippen LogP contribution in [-0.2, 0) is 4.74 Å². The molecule has 0 amide bonds. The number of rotatable bonds is 2. The Kier molecular flexibility index (Phi) is 4.19. The summed E-state index contributed by atoms with van der Waals surface area (Å²) in [6.45, 7) is 0.837. The van der Waals surface area contributed by atoms with Gasteiger partial charge >= 0.3 is 6.18 Å². The maximum atomic E-state index is 12.2. The normalized spacial score (nSPS) is 13.7. The first-order valence-electron chi connectivity index (χ1n) is 4.59. The molecule has 1 aromatic heterocycles. The molecule has 0 N–H and O–H groups in total. The van der Waals surface area contributed by atoms with Gasteiger partial charge in [0.05, 0.1) is 7.11 Å². The Balaban J connectivity index is 2.97. The van der Waals surface area contributed by atoms with Crippen molar-refractivity contribution < 1.29 is 17.9 Å². The highest BCUT2D eigenvalue weighted by Crippen LogP contribution is 2.17. The average Bonchev–Trinajstić information content (AvgIpc) is 2.29. The van der Waals surface area contributed by atoms with Gasteiger partial charge in [0.25, 0.3) is 0 Å². The van der Waals surface area contributed by atoms with E-state index in [-0.39, 0.29) is 5.90 Å². The lowest BCUT2D eigenvalue weighted by atomic mass is 10.3. The molecule has 0 aliphatic heterocycles. The lowest BCUT2D eigenvalue weighted by Gasteiger charge is -2.04. The second kappa shape index (κ2) is 5.42. The molecule has 0 aliphatic carbocycles. The molecule has 92 valence electrons. The van der Waals surface area contributed by atoms with Gasteiger partial charge in [0.1, 0.15) is 5.71 Å². The lowest BCUT2D eigenvalue weighted by Crippen LogP contribution is -2.19. The summed E-state index contributed by atoms with van der Waals surface area (Å²) in [6, 6.07) is 3.11. The summed E-state index contributed by atoms with van der Waals surface area (Å²) in [5.74, 6) is -0.00370. The van der Waals surface area contributed by atoms with Crippen LogP contribution in [0.3, 0.4) is 0 Å². The zero-order chi connectivity index (χ0) is 12.9. The molecule has 0 radical (unpaired) electrons. The van der Waals surface area contributed by atoms with Crippen LogP contribution in [0.15, 0.2) is 34.7 Å². The second-order valence-electron chi connectivity index (χ2n) is 3.03. The summed E-state index contributed by atoms with van der Waals surface area (Å²) in [5, 5.41) is 6.49. The van der Waals surface area contributed by atoms with Gasteiger partial charge < -0.3 is 4.74 Å². The van der Waals surface area contributed by atoms with Crippen molar-refractivity contribution in [2.45, 2.75) is 13.1 Å². The minimum atomic E-state index is -4.49. The molecule has 0 spiro atoms. The zero-order valence-electron chi connectivity index (χ0n) is 9.19. The maximum Gasteiger partial charge on any atom is 0.431 e. The second-order valence-corrected chi connectivity index (χ2v) is 3.03. The van der Waals surface area contributed by atoms with Gasteiger partial charge in [0, 0.05) is 18.0 Å². The van der Waals surface area contributed by atoms with Gasteiger partial charge in [-0.05, 0) is 19.1 Å². The van der Waals surface area contributed by atoms with E-state index >= 15 is 0 Å². The highest BCUT2D eigenvalue weighted by atomic mass is 19.4. The average molecular weight is 245 g/mol. The molecule has 0 fully saturated rings. The first kappa shape index (κ1) is 13.1. The van der Waals surface area contributed by atoms with Crippen LogP contribution >= 0.6 is 0 Å². The van der Waals surface area contributed by atoms with Crippen molar-refractivity contribution in [3.05, 3.63) is 30.1 Å². The molecule has 0 saturated heterocycles. The molecule has 7 heteroatoms. The number of hydrogen-bond donors (Lipinski definition) is 0. The van der Waals surface area contributed by atoms with Crippen LogP contribution in [0.1, 0.15) is 12.5 Å². The molecule has 1 heterocycles. The van der Waals surface area contributed by atoms with Crippen LogP contribution in [-0.4, -0.2) is 29.9 Å². The van der Waals surface area contributed by atoms with E-state index < -0.39 is 11.9 Å². The quantitative estimate of drug-likeness (QED) is 0.456. The van der Waals surface area contributed by atoms with E-state index in [2.05, 4.69) is 15.2 Å². The van der Waals surface area contributed by atoms with E-state index in [9.17, 15) is 13.2 Å². The van der Waals surface area contributed by atoms with Gasteiger partial charge in [-0.1, -0.05) is 0 Å². The monoisotopic (exact) mass is 245 g/mol. The fraction of sp³-hybridized carbons (Fsp3) is 0.300. The first-order valence-corrected chi connectivity index (χ1v) is 4.59. The molecule has 0 aromatic carbocycles. The van der Waals surface area contributed by atoms with Crippen LogP contribution in [0, 0.1) is 0 Å².